The van der Waals surface area contributed by atoms with Crippen LogP contribution in [-0.2, 0) is 21.6 Å². The van der Waals surface area contributed by atoms with E-state index in [2.05, 4.69) is 11.4 Å². The van der Waals surface area contributed by atoms with Crippen molar-refractivity contribution in [2.75, 3.05) is 19.7 Å². The first-order valence-electron chi connectivity index (χ1n) is 6.96. The molecule has 23 heavy (non-hydrogen) atoms. The van der Waals surface area contributed by atoms with E-state index in [0.29, 0.717) is 0 Å². The van der Waals surface area contributed by atoms with E-state index in [1.807, 2.05) is 6.07 Å². The lowest BCUT2D eigenvalue weighted by molar-refractivity contribution is -0.192. The van der Waals surface area contributed by atoms with Crippen LogP contribution in [0.5, 0.6) is 0 Å². The smallest absolute Gasteiger partial charge is 0.475 e. The number of alkyl halides is 3. The Bertz CT molecular complexity index is 616. The number of nitrogens with one attached hydrogen (secondary N) is 1. The molecule has 1 aromatic heterocycles. The van der Waals surface area contributed by atoms with Gasteiger partial charge in [-0.25, -0.2) is 4.79 Å². The van der Waals surface area contributed by atoms with E-state index in [9.17, 15) is 13.2 Å². The van der Waals surface area contributed by atoms with E-state index >= 15 is 0 Å². The van der Waals surface area contributed by atoms with Crippen LogP contribution in [0, 0.1) is 11.3 Å². The largest absolute Gasteiger partial charge is 0.490 e. The number of carbonyl (C=O) groups is 1. The third-order valence-corrected chi connectivity index (χ3v) is 5.00. The Balaban J connectivity index is 0.000000236. The van der Waals surface area contributed by atoms with Gasteiger partial charge < -0.3 is 15.2 Å². The van der Waals surface area contributed by atoms with Gasteiger partial charge in [0, 0.05) is 4.88 Å². The molecule has 0 aliphatic carbocycles. The molecule has 9 heteroatoms. The SMILES string of the molecule is N#Cc1cc2c(s1)C1(CCNCC1)OCC2.O=C(O)C(F)(F)F. The number of hydrogen-bond acceptors (Lipinski definition) is 5. The van der Waals surface area contributed by atoms with Gasteiger partial charge in [-0.05, 0) is 44.0 Å². The summed E-state index contributed by atoms with van der Waals surface area (Å²) in [7, 11) is 0. The van der Waals surface area contributed by atoms with E-state index < -0.39 is 12.1 Å². The van der Waals surface area contributed by atoms with Crippen molar-refractivity contribution in [2.24, 2.45) is 0 Å². The summed E-state index contributed by atoms with van der Waals surface area (Å²) in [5.74, 6) is -2.76. The predicted octanol–water partition coefficient (Wildman–Crippen LogP) is 2.40. The fourth-order valence-corrected chi connectivity index (χ4v) is 3.89. The van der Waals surface area contributed by atoms with Crippen LogP contribution in [0.1, 0.15) is 28.2 Å². The molecule has 2 aliphatic heterocycles. The third-order valence-electron chi connectivity index (χ3n) is 3.74. The molecule has 0 radical (unpaired) electrons. The third kappa shape index (κ3) is 4.02. The van der Waals surface area contributed by atoms with Crippen LogP contribution >= 0.6 is 11.3 Å². The van der Waals surface area contributed by atoms with Crippen molar-refractivity contribution >= 4 is 17.3 Å². The molecule has 0 atom stereocenters. The monoisotopic (exact) mass is 348 g/mol. The number of halogens is 3. The van der Waals surface area contributed by atoms with Crippen LogP contribution in [0.3, 0.4) is 0 Å². The van der Waals surface area contributed by atoms with Gasteiger partial charge in [-0.2, -0.15) is 18.4 Å². The van der Waals surface area contributed by atoms with E-state index in [4.69, 9.17) is 19.9 Å². The molecular formula is C14H15F3N2O3S. The van der Waals surface area contributed by atoms with Crippen LogP contribution in [-0.4, -0.2) is 36.9 Å². The van der Waals surface area contributed by atoms with E-state index in [1.165, 1.54) is 10.4 Å². The van der Waals surface area contributed by atoms with Crippen molar-refractivity contribution < 1.29 is 27.8 Å². The molecule has 0 amide bonds. The van der Waals surface area contributed by atoms with Crippen LogP contribution < -0.4 is 5.32 Å². The zero-order valence-corrected chi connectivity index (χ0v) is 12.9. The van der Waals surface area contributed by atoms with Gasteiger partial charge in [0.2, 0.25) is 0 Å². The number of hydrogen-bond donors (Lipinski definition) is 2. The Morgan fingerprint density at radius 2 is 2.04 bits per heavy atom. The number of fused-ring (bicyclic) bond motifs is 2. The van der Waals surface area contributed by atoms with Crippen molar-refractivity contribution in [1.82, 2.24) is 5.32 Å². The molecule has 1 aromatic rings. The van der Waals surface area contributed by atoms with Gasteiger partial charge in [-0.3, -0.25) is 0 Å². The molecule has 3 heterocycles. The highest BCUT2D eigenvalue weighted by Crippen LogP contribution is 2.44. The molecule has 1 fully saturated rings. The van der Waals surface area contributed by atoms with Crippen molar-refractivity contribution in [3.63, 3.8) is 0 Å². The van der Waals surface area contributed by atoms with Crippen LogP contribution in [0.15, 0.2) is 6.07 Å². The van der Waals surface area contributed by atoms with E-state index in [0.717, 1.165) is 43.8 Å². The highest BCUT2D eigenvalue weighted by atomic mass is 32.1. The molecule has 3 rings (SSSR count). The van der Waals surface area contributed by atoms with E-state index in [-0.39, 0.29) is 5.60 Å². The number of carboxylic acids is 1. The van der Waals surface area contributed by atoms with Crippen LogP contribution in [0.2, 0.25) is 0 Å². The molecule has 5 nitrogen and oxygen atoms in total. The van der Waals surface area contributed by atoms with Gasteiger partial charge in [-0.15, -0.1) is 11.3 Å². The van der Waals surface area contributed by atoms with Gasteiger partial charge in [-0.1, -0.05) is 0 Å². The lowest BCUT2D eigenvalue weighted by Crippen LogP contribution is -2.43. The summed E-state index contributed by atoms with van der Waals surface area (Å²) in [6.45, 7) is 2.83. The molecule has 0 saturated carbocycles. The Hall–Kier alpha value is -1.63. The molecule has 1 spiro atoms. The normalized spacial score (nSPS) is 19.2. The Morgan fingerprint density at radius 3 is 2.57 bits per heavy atom. The van der Waals surface area contributed by atoms with Gasteiger partial charge in [0.15, 0.2) is 0 Å². The van der Waals surface area contributed by atoms with Gasteiger partial charge >= 0.3 is 12.1 Å². The number of nitriles is 1. The number of nitrogens with zero attached hydrogens (tertiary/aromatic N) is 1. The highest BCUT2D eigenvalue weighted by molar-refractivity contribution is 7.12. The number of ether oxygens (including phenoxy) is 1. The summed E-state index contributed by atoms with van der Waals surface area (Å²) in [5, 5.41) is 19.5. The van der Waals surface area contributed by atoms with Crippen molar-refractivity contribution in [3.05, 3.63) is 21.4 Å². The first-order chi connectivity index (χ1) is 10.8. The molecule has 0 aromatic carbocycles. The maximum absolute atomic E-state index is 10.6. The van der Waals surface area contributed by atoms with Gasteiger partial charge in [0.05, 0.1) is 6.61 Å². The lowest BCUT2D eigenvalue weighted by atomic mass is 9.86. The maximum atomic E-state index is 10.6. The molecule has 126 valence electrons. The minimum Gasteiger partial charge on any atom is -0.475 e. The summed E-state index contributed by atoms with van der Waals surface area (Å²) in [6.07, 6.45) is -2.06. The predicted molar refractivity (Wildman–Crippen MR) is 76.2 cm³/mol. The maximum Gasteiger partial charge on any atom is 0.490 e. The number of thiophene rings is 1. The highest BCUT2D eigenvalue weighted by Gasteiger charge is 2.40. The molecular weight excluding hydrogens is 333 g/mol. The van der Waals surface area contributed by atoms with Crippen molar-refractivity contribution in [3.8, 4) is 6.07 Å². The average Bonchev–Trinajstić information content (AvgIpc) is 2.93. The average molecular weight is 348 g/mol. The van der Waals surface area contributed by atoms with Crippen molar-refractivity contribution in [2.45, 2.75) is 31.0 Å². The van der Waals surface area contributed by atoms with Gasteiger partial charge in [0.1, 0.15) is 16.5 Å². The zero-order chi connectivity index (χ0) is 17.1. The van der Waals surface area contributed by atoms with Crippen LogP contribution in [0.4, 0.5) is 13.2 Å². The summed E-state index contributed by atoms with van der Waals surface area (Å²) < 4.78 is 37.8. The second-order valence-electron chi connectivity index (χ2n) is 5.22. The number of aliphatic carboxylic acids is 1. The standard InChI is InChI=1S/C12H14N2OS.C2HF3O2/c13-8-10-7-9-1-6-15-12(11(9)16-10)2-4-14-5-3-12;3-2(4,5)1(6)7/h7,14H,1-6H2;(H,6,7). The number of carboxylic acid groups (broad SMARTS) is 1. The number of piperidine rings is 1. The summed E-state index contributed by atoms with van der Waals surface area (Å²) in [5.41, 5.74) is 1.26. The first-order valence-corrected chi connectivity index (χ1v) is 7.78. The quantitative estimate of drug-likeness (QED) is 0.752. The fourth-order valence-electron chi connectivity index (χ4n) is 2.68. The molecule has 2 aliphatic rings. The molecule has 0 unspecified atom stereocenters. The zero-order valence-electron chi connectivity index (χ0n) is 12.1. The van der Waals surface area contributed by atoms with Crippen LogP contribution in [0.25, 0.3) is 0 Å². The summed E-state index contributed by atoms with van der Waals surface area (Å²) in [4.78, 5) is 11.0. The lowest BCUT2D eigenvalue weighted by Gasteiger charge is -2.40. The van der Waals surface area contributed by atoms with Crippen molar-refractivity contribution in [1.29, 1.82) is 5.26 Å². The van der Waals surface area contributed by atoms with E-state index in [1.54, 1.807) is 11.3 Å². The minimum atomic E-state index is -5.08. The summed E-state index contributed by atoms with van der Waals surface area (Å²) in [6, 6.07) is 4.30. The van der Waals surface area contributed by atoms with Gasteiger partial charge in [0.25, 0.3) is 0 Å². The fraction of sp³-hybridized carbons (Fsp3) is 0.571. The Kier molecular flexibility index (Phi) is 5.29. The molecule has 2 N–H and O–H groups in total. The second-order valence-corrected chi connectivity index (χ2v) is 6.27. The Morgan fingerprint density at radius 1 is 1.43 bits per heavy atom. The Labute approximate surface area is 134 Å². The topological polar surface area (TPSA) is 82.3 Å². The first kappa shape index (κ1) is 17.7. The molecule has 0 bridgehead atoms. The molecule has 1 saturated heterocycles. The minimum absolute atomic E-state index is 0.0847. The number of rotatable bonds is 0. The second kappa shape index (κ2) is 6.86. The summed E-state index contributed by atoms with van der Waals surface area (Å²) >= 11 is 1.63.